The van der Waals surface area contributed by atoms with Crippen LogP contribution in [0.4, 0.5) is 0 Å². The molecule has 0 aliphatic rings. The maximum Gasteiger partial charge on any atom is 0.202 e. The number of ketones is 1. The van der Waals surface area contributed by atoms with E-state index in [1.807, 2.05) is 18.2 Å². The summed E-state index contributed by atoms with van der Waals surface area (Å²) >= 11 is 3.39. The lowest BCUT2D eigenvalue weighted by molar-refractivity contribution is 0.0979. The molecule has 0 fully saturated rings. The molecule has 0 atom stereocenters. The molecule has 0 amide bonds. The van der Waals surface area contributed by atoms with Crippen molar-refractivity contribution in [1.82, 2.24) is 9.55 Å². The summed E-state index contributed by atoms with van der Waals surface area (Å²) in [5, 5.41) is 0. The number of carbonyl (C=O) groups is 1. The van der Waals surface area contributed by atoms with Crippen molar-refractivity contribution in [2.24, 2.45) is 7.05 Å². The lowest BCUT2D eigenvalue weighted by Gasteiger charge is -2.08. The second-order valence-electron chi connectivity index (χ2n) is 3.92. The molecular weight excluding hydrogens is 296 g/mol. The Balaban J connectivity index is 2.27. The second kappa shape index (κ2) is 5.35. The first-order valence-corrected chi connectivity index (χ1v) is 6.24. The maximum atomic E-state index is 12.1. The van der Waals surface area contributed by atoms with E-state index in [1.54, 1.807) is 31.1 Å². The van der Waals surface area contributed by atoms with Crippen molar-refractivity contribution in [3.8, 4) is 5.75 Å². The molecule has 0 aliphatic heterocycles. The first kappa shape index (κ1) is 12.8. The van der Waals surface area contributed by atoms with Gasteiger partial charge < -0.3 is 9.30 Å². The van der Waals surface area contributed by atoms with E-state index in [9.17, 15) is 4.79 Å². The Hall–Kier alpha value is -1.62. The molecule has 0 aliphatic carbocycles. The molecule has 0 N–H and O–H groups in total. The van der Waals surface area contributed by atoms with Crippen LogP contribution >= 0.6 is 15.9 Å². The van der Waals surface area contributed by atoms with E-state index in [1.165, 1.54) is 0 Å². The maximum absolute atomic E-state index is 12.1. The molecule has 0 saturated carbocycles. The summed E-state index contributed by atoms with van der Waals surface area (Å²) < 4.78 is 7.89. The van der Waals surface area contributed by atoms with Crippen LogP contribution in [0.3, 0.4) is 0 Å². The van der Waals surface area contributed by atoms with E-state index >= 15 is 0 Å². The quantitative estimate of drug-likeness (QED) is 0.816. The van der Waals surface area contributed by atoms with E-state index in [0.29, 0.717) is 11.6 Å². The number of halogens is 1. The number of carbonyl (C=O) groups excluding carboxylic acids is 1. The Bertz CT molecular complexity index is 578. The summed E-state index contributed by atoms with van der Waals surface area (Å²) in [4.78, 5) is 16.2. The van der Waals surface area contributed by atoms with Crippen molar-refractivity contribution in [3.63, 3.8) is 0 Å². The number of Topliss-reactive ketones (excluding diaryl/α,β-unsaturated/α-hetero) is 1. The smallest absolute Gasteiger partial charge is 0.202 e. The minimum Gasteiger partial charge on any atom is -0.496 e. The largest absolute Gasteiger partial charge is 0.496 e. The Morgan fingerprint density at radius 3 is 2.89 bits per heavy atom. The van der Waals surface area contributed by atoms with Gasteiger partial charge in [-0.1, -0.05) is 15.9 Å². The van der Waals surface area contributed by atoms with Crippen LogP contribution in [-0.4, -0.2) is 22.4 Å². The molecule has 2 aromatic rings. The number of methoxy groups -OCH3 is 1. The minimum absolute atomic E-state index is 0.0288. The minimum atomic E-state index is -0.0288. The van der Waals surface area contributed by atoms with Gasteiger partial charge in [-0.2, -0.15) is 0 Å². The van der Waals surface area contributed by atoms with Crippen LogP contribution in [0.15, 0.2) is 35.1 Å². The van der Waals surface area contributed by atoms with Gasteiger partial charge in [0.2, 0.25) is 5.78 Å². The highest BCUT2D eigenvalue weighted by Crippen LogP contribution is 2.24. The molecule has 0 spiro atoms. The van der Waals surface area contributed by atoms with Gasteiger partial charge in [-0.15, -0.1) is 0 Å². The van der Waals surface area contributed by atoms with E-state index in [0.717, 1.165) is 10.0 Å². The normalized spacial score (nSPS) is 10.4. The third-order valence-corrected chi connectivity index (χ3v) is 3.16. The van der Waals surface area contributed by atoms with E-state index in [4.69, 9.17) is 4.74 Å². The van der Waals surface area contributed by atoms with Crippen LogP contribution in [0.25, 0.3) is 0 Å². The van der Waals surface area contributed by atoms with Gasteiger partial charge in [0.1, 0.15) is 5.75 Å². The number of rotatable bonds is 4. The summed E-state index contributed by atoms with van der Waals surface area (Å²) in [7, 11) is 3.40. The first-order chi connectivity index (χ1) is 8.61. The molecule has 0 radical (unpaired) electrons. The number of imidazole rings is 1. The van der Waals surface area contributed by atoms with Gasteiger partial charge in [-0.25, -0.2) is 4.98 Å². The average molecular weight is 309 g/mol. The molecule has 1 heterocycles. The van der Waals surface area contributed by atoms with E-state index in [2.05, 4.69) is 20.9 Å². The fourth-order valence-electron chi connectivity index (χ4n) is 1.77. The van der Waals surface area contributed by atoms with Crippen molar-refractivity contribution in [2.45, 2.75) is 6.42 Å². The van der Waals surface area contributed by atoms with Crippen molar-refractivity contribution in [2.75, 3.05) is 7.11 Å². The predicted molar refractivity (Wildman–Crippen MR) is 71.9 cm³/mol. The summed E-state index contributed by atoms with van der Waals surface area (Å²) in [5.74, 6) is 1.14. The number of ether oxygens (including phenoxy) is 1. The monoisotopic (exact) mass is 308 g/mol. The Labute approximate surface area is 114 Å². The van der Waals surface area contributed by atoms with Gasteiger partial charge in [-0.3, -0.25) is 4.79 Å². The molecule has 0 saturated heterocycles. The fraction of sp³-hybridized carbons (Fsp3) is 0.231. The topological polar surface area (TPSA) is 44.1 Å². The average Bonchev–Trinajstić information content (AvgIpc) is 2.76. The highest BCUT2D eigenvalue weighted by atomic mass is 79.9. The second-order valence-corrected chi connectivity index (χ2v) is 4.83. The first-order valence-electron chi connectivity index (χ1n) is 5.44. The van der Waals surface area contributed by atoms with Gasteiger partial charge in [0, 0.05) is 35.9 Å². The molecule has 1 aromatic heterocycles. The van der Waals surface area contributed by atoms with Crippen LogP contribution in [0.1, 0.15) is 16.2 Å². The van der Waals surface area contributed by atoms with Crippen molar-refractivity contribution in [1.29, 1.82) is 0 Å². The third kappa shape index (κ3) is 2.61. The number of aryl methyl sites for hydroxylation is 1. The highest BCUT2D eigenvalue weighted by Gasteiger charge is 2.14. The molecule has 5 heteroatoms. The van der Waals surface area contributed by atoms with E-state index < -0.39 is 0 Å². The zero-order valence-corrected chi connectivity index (χ0v) is 11.8. The Kier molecular flexibility index (Phi) is 3.81. The van der Waals surface area contributed by atoms with Crippen LogP contribution in [0, 0.1) is 0 Å². The summed E-state index contributed by atoms with van der Waals surface area (Å²) in [6.45, 7) is 0. The highest BCUT2D eigenvalue weighted by molar-refractivity contribution is 9.10. The van der Waals surface area contributed by atoms with Gasteiger partial charge in [0.15, 0.2) is 5.82 Å². The molecular formula is C13H13BrN2O2. The van der Waals surface area contributed by atoms with Gasteiger partial charge >= 0.3 is 0 Å². The lowest BCUT2D eigenvalue weighted by atomic mass is 10.1. The standard InChI is InChI=1S/C13H13BrN2O2/c1-16-6-5-15-13(16)11(17)8-9-7-10(14)3-4-12(9)18-2/h3-7H,8H2,1-2H3. The van der Waals surface area contributed by atoms with Gasteiger partial charge in [0.25, 0.3) is 0 Å². The molecule has 18 heavy (non-hydrogen) atoms. The number of nitrogens with zero attached hydrogens (tertiary/aromatic N) is 2. The zero-order valence-electron chi connectivity index (χ0n) is 10.2. The van der Waals surface area contributed by atoms with Crippen molar-refractivity contribution < 1.29 is 9.53 Å². The predicted octanol–water partition coefficient (Wildman–Crippen LogP) is 2.62. The number of aromatic nitrogens is 2. The van der Waals surface area contributed by atoms with Gasteiger partial charge in [0.05, 0.1) is 7.11 Å². The van der Waals surface area contributed by atoms with Crippen molar-refractivity contribution in [3.05, 3.63) is 46.5 Å². The summed E-state index contributed by atoms with van der Waals surface area (Å²) in [6.07, 6.45) is 3.64. The number of hydrogen-bond acceptors (Lipinski definition) is 3. The van der Waals surface area contributed by atoms with Gasteiger partial charge in [-0.05, 0) is 18.2 Å². The van der Waals surface area contributed by atoms with Crippen LogP contribution in [0.2, 0.25) is 0 Å². The number of benzene rings is 1. The Morgan fingerprint density at radius 2 is 2.28 bits per heavy atom. The lowest BCUT2D eigenvalue weighted by Crippen LogP contribution is -2.10. The SMILES string of the molecule is COc1ccc(Br)cc1CC(=O)c1nccn1C. The zero-order chi connectivity index (χ0) is 13.1. The summed E-state index contributed by atoms with van der Waals surface area (Å²) in [6, 6.07) is 5.61. The number of hydrogen-bond donors (Lipinski definition) is 0. The molecule has 4 nitrogen and oxygen atoms in total. The summed E-state index contributed by atoms with van der Waals surface area (Å²) in [5.41, 5.74) is 0.847. The molecule has 94 valence electrons. The third-order valence-electron chi connectivity index (χ3n) is 2.66. The van der Waals surface area contributed by atoms with Crippen LogP contribution in [-0.2, 0) is 13.5 Å². The van der Waals surface area contributed by atoms with Crippen molar-refractivity contribution >= 4 is 21.7 Å². The fourth-order valence-corrected chi connectivity index (χ4v) is 2.18. The molecule has 0 unspecified atom stereocenters. The van der Waals surface area contributed by atoms with Crippen LogP contribution < -0.4 is 4.74 Å². The van der Waals surface area contributed by atoms with Crippen LogP contribution in [0.5, 0.6) is 5.75 Å². The molecule has 0 bridgehead atoms. The van der Waals surface area contributed by atoms with E-state index in [-0.39, 0.29) is 12.2 Å². The molecule has 2 rings (SSSR count). The Morgan fingerprint density at radius 1 is 1.50 bits per heavy atom. The molecule has 1 aromatic carbocycles.